The number of nitrogens with one attached hydrogen (secondary N) is 1. The Hall–Kier alpha value is -3.64. The van der Waals surface area contributed by atoms with Crippen molar-refractivity contribution in [3.8, 4) is 11.5 Å². The number of aliphatic hydroxyl groups is 1. The largest absolute Gasteiger partial charge is 0.493 e. The van der Waals surface area contributed by atoms with Gasteiger partial charge in [-0.3, -0.25) is 14.4 Å². The summed E-state index contributed by atoms with van der Waals surface area (Å²) in [6.45, 7) is 4.67. The monoisotopic (exact) mass is 572 g/mol. The Morgan fingerprint density at radius 1 is 1.20 bits per heavy atom. The molecule has 1 spiro atoms. The normalized spacial score (nSPS) is 28.7. The number of hydrogen-bond donors (Lipinski definition) is 2. The number of ether oxygens (including phenoxy) is 5. The third kappa shape index (κ3) is 4.62. The highest BCUT2D eigenvalue weighted by molar-refractivity contribution is 5.84. The lowest BCUT2D eigenvalue weighted by Crippen LogP contribution is -2.74. The van der Waals surface area contributed by atoms with Crippen molar-refractivity contribution in [2.75, 3.05) is 27.2 Å². The maximum atomic E-state index is 13.1. The van der Waals surface area contributed by atoms with Gasteiger partial charge in [-0.2, -0.15) is 0 Å². The van der Waals surface area contributed by atoms with E-state index in [1.54, 1.807) is 13.2 Å². The van der Waals surface area contributed by atoms with Crippen molar-refractivity contribution in [1.29, 1.82) is 0 Å². The average Bonchev–Trinajstić information content (AvgIpc) is 3.27. The van der Waals surface area contributed by atoms with E-state index in [0.717, 1.165) is 17.7 Å². The smallest absolute Gasteiger partial charge is 0.352 e. The minimum Gasteiger partial charge on any atom is -0.493 e. The van der Waals surface area contributed by atoms with Crippen LogP contribution in [0, 0.1) is 0 Å². The van der Waals surface area contributed by atoms with E-state index in [2.05, 4.69) is 10.2 Å². The number of hydrogen-bond acceptors (Lipinski definition) is 11. The number of likely N-dealkylation sites (tertiary alicyclic amines) is 1. The molecule has 4 aliphatic rings. The van der Waals surface area contributed by atoms with Crippen LogP contribution >= 0.6 is 0 Å². The summed E-state index contributed by atoms with van der Waals surface area (Å²) in [6.07, 6.45) is 0.0266. The quantitative estimate of drug-likeness (QED) is 0.321. The Bertz CT molecular complexity index is 1310. The summed E-state index contributed by atoms with van der Waals surface area (Å²) < 4.78 is 27.9. The first kappa shape index (κ1) is 28.9. The summed E-state index contributed by atoms with van der Waals surface area (Å²) in [4.78, 5) is 50.5. The van der Waals surface area contributed by atoms with Crippen molar-refractivity contribution in [3.63, 3.8) is 0 Å². The Balaban J connectivity index is 1.27. The Morgan fingerprint density at radius 2 is 1.95 bits per heavy atom. The lowest BCUT2D eigenvalue weighted by atomic mass is 9.50. The minimum atomic E-state index is -1.23. The first-order chi connectivity index (χ1) is 19.4. The van der Waals surface area contributed by atoms with Crippen LogP contribution in [0.3, 0.4) is 0 Å². The zero-order chi connectivity index (χ0) is 29.7. The first-order valence-electron chi connectivity index (χ1n) is 13.8. The summed E-state index contributed by atoms with van der Waals surface area (Å²) in [5.41, 5.74) is 0.0298. The molecule has 1 fully saturated rings. The molecule has 0 saturated carbocycles. The lowest BCUT2D eigenvalue weighted by molar-refractivity contribution is -0.175. The third-order valence-electron chi connectivity index (χ3n) is 8.76. The van der Waals surface area contributed by atoms with Crippen molar-refractivity contribution in [1.82, 2.24) is 10.2 Å². The maximum absolute atomic E-state index is 13.1. The highest BCUT2D eigenvalue weighted by Gasteiger charge is 2.72. The molecule has 5 rings (SSSR count). The Labute approximate surface area is 237 Å². The molecule has 1 saturated heterocycles. The van der Waals surface area contributed by atoms with E-state index in [1.807, 2.05) is 19.2 Å². The lowest BCUT2D eigenvalue weighted by Gasteiger charge is -2.61. The van der Waals surface area contributed by atoms with E-state index >= 15 is 0 Å². The van der Waals surface area contributed by atoms with Gasteiger partial charge in [0.15, 0.2) is 29.8 Å². The highest BCUT2D eigenvalue weighted by Crippen LogP contribution is 2.65. The SMILES string of the molecule is COc1ccc2c3c1OC1C(OC(=O)C(C)OC(=O)CCNC(=O)C(C)OC(C)=O)=CCC4(O)C(C2)N(C)CCC314. The topological polar surface area (TPSA) is 150 Å². The number of benzene rings is 1. The number of rotatable bonds is 9. The number of esters is 3. The second kappa shape index (κ2) is 10.6. The van der Waals surface area contributed by atoms with Gasteiger partial charge in [-0.1, -0.05) is 6.07 Å². The molecule has 12 heteroatoms. The fourth-order valence-electron chi connectivity index (χ4n) is 6.83. The van der Waals surface area contributed by atoms with Gasteiger partial charge in [-0.15, -0.1) is 0 Å². The van der Waals surface area contributed by atoms with Crippen LogP contribution in [0.4, 0.5) is 0 Å². The summed E-state index contributed by atoms with van der Waals surface area (Å²) in [7, 11) is 3.57. The number of carbonyl (C=O) groups excluding carboxylic acids is 4. The van der Waals surface area contributed by atoms with Crippen molar-refractivity contribution >= 4 is 23.8 Å². The highest BCUT2D eigenvalue weighted by atomic mass is 16.6. The standard InChI is InChI=1S/C29H36N2O10/c1-15(38-17(3)32)26(34)30-12-9-22(33)39-16(2)27(35)40-20-8-10-29(36)21-14-18-6-7-19(37-5)24-23(18)28(29,25(20)41-24)11-13-31(21)4/h6-8,15-16,21,25,36H,9-14H2,1-5H3,(H,30,34). The maximum Gasteiger partial charge on any atom is 0.352 e. The van der Waals surface area contributed by atoms with Crippen molar-refractivity contribution in [2.45, 2.75) is 81.8 Å². The molecule has 2 N–H and O–H groups in total. The number of nitrogens with zero attached hydrogens (tertiary/aromatic N) is 1. The fourth-order valence-corrected chi connectivity index (χ4v) is 6.83. The molecular formula is C29H36N2O10. The summed E-state index contributed by atoms with van der Waals surface area (Å²) in [5, 5.41) is 14.7. The first-order valence-corrected chi connectivity index (χ1v) is 13.8. The zero-order valence-corrected chi connectivity index (χ0v) is 23.9. The van der Waals surface area contributed by atoms with Crippen molar-refractivity contribution in [3.05, 3.63) is 35.1 Å². The molecule has 222 valence electrons. The predicted octanol–water partition coefficient (Wildman–Crippen LogP) is 0.906. The van der Waals surface area contributed by atoms with Crippen LogP contribution in [0.2, 0.25) is 0 Å². The summed E-state index contributed by atoms with van der Waals surface area (Å²) in [5.74, 6) is -1.28. The summed E-state index contributed by atoms with van der Waals surface area (Å²) >= 11 is 0. The Kier molecular flexibility index (Phi) is 7.49. The molecular weight excluding hydrogens is 536 g/mol. The number of carbonyl (C=O) groups is 4. The van der Waals surface area contributed by atoms with Gasteiger partial charge in [-0.05, 0) is 58.0 Å². The fraction of sp³-hybridized carbons (Fsp3) is 0.586. The molecule has 6 atom stereocenters. The van der Waals surface area contributed by atoms with Crippen LogP contribution in [-0.4, -0.2) is 91.0 Å². The molecule has 1 amide bonds. The van der Waals surface area contributed by atoms with Gasteiger partial charge < -0.3 is 39.0 Å². The van der Waals surface area contributed by atoms with Gasteiger partial charge in [0.25, 0.3) is 5.91 Å². The van der Waals surface area contributed by atoms with Crippen LogP contribution < -0.4 is 14.8 Å². The number of piperidine rings is 1. The van der Waals surface area contributed by atoms with Gasteiger partial charge in [0.2, 0.25) is 0 Å². The van der Waals surface area contributed by atoms with E-state index in [9.17, 15) is 24.3 Å². The molecule has 0 radical (unpaired) electrons. The number of amides is 1. The average molecular weight is 573 g/mol. The molecule has 2 bridgehead atoms. The molecule has 6 unspecified atom stereocenters. The van der Waals surface area contributed by atoms with Gasteiger partial charge >= 0.3 is 17.9 Å². The second-order valence-electron chi connectivity index (χ2n) is 11.1. The molecule has 12 nitrogen and oxygen atoms in total. The molecule has 1 aromatic rings. The van der Waals surface area contributed by atoms with Gasteiger partial charge in [-0.25, -0.2) is 4.79 Å². The van der Waals surface area contributed by atoms with E-state index < -0.39 is 53.1 Å². The Morgan fingerprint density at radius 3 is 2.66 bits per heavy atom. The summed E-state index contributed by atoms with van der Waals surface area (Å²) in [6, 6.07) is 3.74. The number of methoxy groups -OCH3 is 1. The molecule has 0 aromatic heterocycles. The third-order valence-corrected chi connectivity index (χ3v) is 8.76. The van der Waals surface area contributed by atoms with Gasteiger partial charge in [0.05, 0.1) is 24.5 Å². The van der Waals surface area contributed by atoms with E-state index in [-0.39, 0.29) is 31.2 Å². The van der Waals surface area contributed by atoms with Crippen molar-refractivity contribution < 1.29 is 48.0 Å². The molecule has 41 heavy (non-hydrogen) atoms. The van der Waals surface area contributed by atoms with Crippen LogP contribution in [-0.2, 0) is 45.2 Å². The van der Waals surface area contributed by atoms with Gasteiger partial charge in [0, 0.05) is 31.5 Å². The predicted molar refractivity (Wildman–Crippen MR) is 142 cm³/mol. The molecule has 1 aromatic carbocycles. The molecule has 2 aliphatic heterocycles. The minimum absolute atomic E-state index is 0.0642. The van der Waals surface area contributed by atoms with Crippen LogP contribution in [0.1, 0.15) is 51.2 Å². The number of likely N-dealkylation sites (N-methyl/N-ethyl adjacent to an activating group) is 1. The zero-order valence-electron chi connectivity index (χ0n) is 23.9. The van der Waals surface area contributed by atoms with Crippen LogP contribution in [0.15, 0.2) is 24.0 Å². The van der Waals surface area contributed by atoms with E-state index in [4.69, 9.17) is 23.7 Å². The van der Waals surface area contributed by atoms with Crippen molar-refractivity contribution in [2.24, 2.45) is 0 Å². The van der Waals surface area contributed by atoms with Crippen LogP contribution in [0.5, 0.6) is 11.5 Å². The van der Waals surface area contributed by atoms with E-state index in [0.29, 0.717) is 24.3 Å². The molecule has 2 heterocycles. The van der Waals surface area contributed by atoms with Crippen LogP contribution in [0.25, 0.3) is 0 Å². The second-order valence-corrected chi connectivity index (χ2v) is 11.1. The van der Waals surface area contributed by atoms with E-state index in [1.165, 1.54) is 20.8 Å². The van der Waals surface area contributed by atoms with Gasteiger partial charge in [0.1, 0.15) is 5.76 Å². The molecule has 2 aliphatic carbocycles.